The van der Waals surface area contributed by atoms with Gasteiger partial charge in [0.15, 0.2) is 0 Å². The van der Waals surface area contributed by atoms with Crippen LogP contribution in [0.2, 0.25) is 5.02 Å². The van der Waals surface area contributed by atoms with Crippen molar-refractivity contribution in [1.82, 2.24) is 9.88 Å². The molecule has 28 heavy (non-hydrogen) atoms. The van der Waals surface area contributed by atoms with E-state index in [0.717, 1.165) is 31.4 Å². The van der Waals surface area contributed by atoms with E-state index in [-0.39, 0.29) is 17.0 Å². The molecule has 0 spiro atoms. The van der Waals surface area contributed by atoms with Gasteiger partial charge in [0.1, 0.15) is 5.82 Å². The molecule has 1 fully saturated rings. The first-order valence-corrected chi connectivity index (χ1v) is 10.6. The maximum Gasteiger partial charge on any atom is 0.241 e. The minimum absolute atomic E-state index is 0.132. The number of carbonyl (C=O) groups is 1. The van der Waals surface area contributed by atoms with Gasteiger partial charge in [0.2, 0.25) is 5.91 Å². The molecule has 2 aromatic carbocycles. The van der Waals surface area contributed by atoms with Gasteiger partial charge in [-0.25, -0.2) is 9.37 Å². The summed E-state index contributed by atoms with van der Waals surface area (Å²) < 4.78 is 14.4. The van der Waals surface area contributed by atoms with Crippen LogP contribution in [-0.2, 0) is 4.79 Å². The number of hydrogen-bond acceptors (Lipinski definition) is 4. The molecule has 3 aromatic rings. The fourth-order valence-corrected chi connectivity index (χ4v) is 4.94. The molecule has 1 aromatic heterocycles. The number of piperidine rings is 1. The van der Waals surface area contributed by atoms with Crippen LogP contribution in [0.1, 0.15) is 30.7 Å². The van der Waals surface area contributed by atoms with E-state index in [9.17, 15) is 9.18 Å². The average Bonchev–Trinajstić information content (AvgIpc) is 3.14. The van der Waals surface area contributed by atoms with Crippen molar-refractivity contribution in [2.45, 2.75) is 31.7 Å². The molecule has 1 saturated heterocycles. The lowest BCUT2D eigenvalue weighted by Crippen LogP contribution is -2.45. The van der Waals surface area contributed by atoms with Gasteiger partial charge in [-0.05, 0) is 63.2 Å². The Kier molecular flexibility index (Phi) is 5.62. The number of nitrogens with one attached hydrogen (secondary N) is 1. The van der Waals surface area contributed by atoms with Crippen molar-refractivity contribution < 1.29 is 9.18 Å². The molecule has 7 heteroatoms. The van der Waals surface area contributed by atoms with Crippen LogP contribution in [-0.4, -0.2) is 34.9 Å². The number of nitrogens with zero attached hydrogens (tertiary/aromatic N) is 2. The minimum atomic E-state index is -0.423. The standard InChI is InChI=1S/C21H21ClFN3OS/c1-13(20(27)24-17-7-6-15(23)12-16(17)22)26-10-8-14(9-11-26)21-25-18-4-2-3-5-19(18)28-21/h2-7,12-14H,8-11H2,1H3,(H,24,27)/t13-/m0/s1. The van der Waals surface area contributed by atoms with Crippen LogP contribution in [0.5, 0.6) is 0 Å². The highest BCUT2D eigenvalue weighted by Crippen LogP contribution is 2.34. The Balaban J connectivity index is 1.36. The van der Waals surface area contributed by atoms with Crippen molar-refractivity contribution in [1.29, 1.82) is 0 Å². The Morgan fingerprint density at radius 3 is 2.75 bits per heavy atom. The van der Waals surface area contributed by atoms with Gasteiger partial charge >= 0.3 is 0 Å². The van der Waals surface area contributed by atoms with E-state index in [0.29, 0.717) is 11.6 Å². The van der Waals surface area contributed by atoms with Gasteiger partial charge in [-0.1, -0.05) is 23.7 Å². The first-order valence-electron chi connectivity index (χ1n) is 9.36. The molecule has 1 aliphatic heterocycles. The predicted molar refractivity (Wildman–Crippen MR) is 113 cm³/mol. The van der Waals surface area contributed by atoms with Crippen molar-refractivity contribution in [3.63, 3.8) is 0 Å². The summed E-state index contributed by atoms with van der Waals surface area (Å²) in [7, 11) is 0. The molecule has 1 amide bonds. The lowest BCUT2D eigenvalue weighted by Gasteiger charge is -2.34. The lowest BCUT2D eigenvalue weighted by molar-refractivity contribution is -0.121. The largest absolute Gasteiger partial charge is 0.323 e. The van der Waals surface area contributed by atoms with E-state index in [4.69, 9.17) is 16.6 Å². The summed E-state index contributed by atoms with van der Waals surface area (Å²) in [5, 5.41) is 4.20. The average molecular weight is 418 g/mol. The number of aromatic nitrogens is 1. The molecule has 0 radical (unpaired) electrons. The van der Waals surface area contributed by atoms with Crippen molar-refractivity contribution in [2.75, 3.05) is 18.4 Å². The maximum atomic E-state index is 13.2. The SMILES string of the molecule is C[C@@H](C(=O)Nc1ccc(F)cc1Cl)N1CCC(c2nc3ccccc3s2)CC1. The Labute approximate surface area is 172 Å². The Morgan fingerprint density at radius 2 is 2.04 bits per heavy atom. The van der Waals surface area contributed by atoms with E-state index in [2.05, 4.69) is 22.3 Å². The molecule has 0 saturated carbocycles. The number of fused-ring (bicyclic) bond motifs is 1. The second kappa shape index (κ2) is 8.15. The molecule has 1 aliphatic rings. The van der Waals surface area contributed by atoms with Crippen LogP contribution in [0.15, 0.2) is 42.5 Å². The van der Waals surface area contributed by atoms with Gasteiger partial charge in [-0.2, -0.15) is 0 Å². The monoisotopic (exact) mass is 417 g/mol. The Hall–Kier alpha value is -2.02. The number of hydrogen-bond donors (Lipinski definition) is 1. The van der Waals surface area contributed by atoms with Gasteiger partial charge in [-0.15, -0.1) is 11.3 Å². The normalized spacial score (nSPS) is 17.0. The smallest absolute Gasteiger partial charge is 0.241 e. The topological polar surface area (TPSA) is 45.2 Å². The Bertz CT molecular complexity index is 967. The molecule has 0 aliphatic carbocycles. The number of amides is 1. The fourth-order valence-electron chi connectivity index (χ4n) is 3.59. The summed E-state index contributed by atoms with van der Waals surface area (Å²) in [5.41, 5.74) is 1.50. The molecule has 0 unspecified atom stereocenters. The zero-order chi connectivity index (χ0) is 19.7. The third-order valence-corrected chi connectivity index (χ3v) is 6.82. The second-order valence-corrected chi connectivity index (χ2v) is 8.59. The molecule has 1 atom stereocenters. The maximum absolute atomic E-state index is 13.2. The zero-order valence-electron chi connectivity index (χ0n) is 15.5. The third-order valence-electron chi connectivity index (χ3n) is 5.31. The number of halogens is 2. The quantitative estimate of drug-likeness (QED) is 0.626. The number of para-hydroxylation sites is 1. The molecule has 2 heterocycles. The number of rotatable bonds is 4. The molecule has 1 N–H and O–H groups in total. The molecular weight excluding hydrogens is 397 g/mol. The van der Waals surface area contributed by atoms with Crippen molar-refractivity contribution >= 4 is 44.7 Å². The number of thiazole rings is 1. The van der Waals surface area contributed by atoms with Gasteiger partial charge in [0.25, 0.3) is 0 Å². The van der Waals surface area contributed by atoms with E-state index < -0.39 is 5.82 Å². The van der Waals surface area contributed by atoms with Gasteiger partial charge in [-0.3, -0.25) is 9.69 Å². The van der Waals surface area contributed by atoms with E-state index in [1.165, 1.54) is 27.9 Å². The van der Waals surface area contributed by atoms with Crippen LogP contribution >= 0.6 is 22.9 Å². The summed E-state index contributed by atoms with van der Waals surface area (Å²) in [6.45, 7) is 3.57. The van der Waals surface area contributed by atoms with Gasteiger partial charge < -0.3 is 5.32 Å². The molecule has 146 valence electrons. The van der Waals surface area contributed by atoms with E-state index in [1.807, 2.05) is 19.1 Å². The fraction of sp³-hybridized carbons (Fsp3) is 0.333. The van der Waals surface area contributed by atoms with Crippen molar-refractivity contribution in [3.05, 3.63) is 58.3 Å². The van der Waals surface area contributed by atoms with Crippen LogP contribution in [0, 0.1) is 5.82 Å². The molecule has 4 rings (SSSR count). The highest BCUT2D eigenvalue weighted by atomic mass is 35.5. The number of carbonyl (C=O) groups excluding carboxylic acids is 1. The van der Waals surface area contributed by atoms with Crippen LogP contribution < -0.4 is 5.32 Å². The summed E-state index contributed by atoms with van der Waals surface area (Å²) in [6.07, 6.45) is 1.96. The van der Waals surface area contributed by atoms with Gasteiger partial charge in [0.05, 0.1) is 32.0 Å². The number of benzene rings is 2. The molecule has 4 nitrogen and oxygen atoms in total. The summed E-state index contributed by atoms with van der Waals surface area (Å²) >= 11 is 7.78. The lowest BCUT2D eigenvalue weighted by atomic mass is 9.96. The number of anilines is 1. The highest BCUT2D eigenvalue weighted by molar-refractivity contribution is 7.18. The second-order valence-electron chi connectivity index (χ2n) is 7.12. The zero-order valence-corrected chi connectivity index (χ0v) is 17.1. The summed E-state index contributed by atoms with van der Waals surface area (Å²) in [4.78, 5) is 19.6. The predicted octanol–water partition coefficient (Wildman–Crippen LogP) is 5.30. The van der Waals surface area contributed by atoms with Crippen LogP contribution in [0.3, 0.4) is 0 Å². The third kappa shape index (κ3) is 4.04. The van der Waals surface area contributed by atoms with Gasteiger partial charge in [0, 0.05) is 5.92 Å². The Morgan fingerprint density at radius 1 is 1.29 bits per heavy atom. The van der Waals surface area contributed by atoms with Crippen molar-refractivity contribution in [3.8, 4) is 0 Å². The summed E-state index contributed by atoms with van der Waals surface area (Å²) in [5.74, 6) is -0.115. The van der Waals surface area contributed by atoms with E-state index in [1.54, 1.807) is 11.3 Å². The van der Waals surface area contributed by atoms with Crippen LogP contribution in [0.25, 0.3) is 10.2 Å². The van der Waals surface area contributed by atoms with Crippen molar-refractivity contribution in [2.24, 2.45) is 0 Å². The minimum Gasteiger partial charge on any atom is -0.323 e. The first-order chi connectivity index (χ1) is 13.5. The van der Waals surface area contributed by atoms with E-state index >= 15 is 0 Å². The first kappa shape index (κ1) is 19.3. The highest BCUT2D eigenvalue weighted by Gasteiger charge is 2.29. The molecular formula is C21H21ClFN3OS. The number of likely N-dealkylation sites (tertiary alicyclic amines) is 1. The van der Waals surface area contributed by atoms with Crippen LogP contribution in [0.4, 0.5) is 10.1 Å². The summed E-state index contributed by atoms with van der Waals surface area (Å²) in [6, 6.07) is 11.9. The molecule has 0 bridgehead atoms.